The van der Waals surface area contributed by atoms with Crippen LogP contribution in [0.4, 0.5) is 0 Å². The van der Waals surface area contributed by atoms with Crippen LogP contribution in [0.1, 0.15) is 13.3 Å². The van der Waals surface area contributed by atoms with E-state index in [2.05, 4.69) is 0 Å². The van der Waals surface area contributed by atoms with Crippen molar-refractivity contribution in [1.82, 2.24) is 0 Å². The van der Waals surface area contributed by atoms with E-state index in [0.29, 0.717) is 0 Å². The maximum Gasteiger partial charge on any atom is 0.267 e. The molecule has 2 unspecified atom stereocenters. The SMILES string of the molecule is CSC(N)CC(C)S(=O)(=O)O. The smallest absolute Gasteiger partial charge is 0.267 e. The van der Waals surface area contributed by atoms with Crippen LogP contribution in [0.15, 0.2) is 0 Å². The van der Waals surface area contributed by atoms with Crippen LogP contribution in [-0.2, 0) is 10.1 Å². The van der Waals surface area contributed by atoms with Gasteiger partial charge in [-0.2, -0.15) is 8.42 Å². The third kappa shape index (κ3) is 4.62. The maximum atomic E-state index is 10.5. The van der Waals surface area contributed by atoms with E-state index in [1.807, 2.05) is 0 Å². The van der Waals surface area contributed by atoms with E-state index in [-0.39, 0.29) is 11.8 Å². The summed E-state index contributed by atoms with van der Waals surface area (Å²) in [5.74, 6) is 0. The third-order valence-corrected chi connectivity index (χ3v) is 3.38. The van der Waals surface area contributed by atoms with Crippen molar-refractivity contribution >= 4 is 21.9 Å². The Morgan fingerprint density at radius 2 is 2.09 bits per heavy atom. The minimum absolute atomic E-state index is 0.230. The summed E-state index contributed by atoms with van der Waals surface area (Å²) in [6.07, 6.45) is 2.07. The highest BCUT2D eigenvalue weighted by Gasteiger charge is 2.19. The lowest BCUT2D eigenvalue weighted by molar-refractivity contribution is 0.465. The summed E-state index contributed by atoms with van der Waals surface area (Å²) < 4.78 is 29.5. The average Bonchev–Trinajstić information content (AvgIpc) is 1.85. The Kier molecular flexibility index (Phi) is 4.38. The standard InChI is InChI=1S/C5H13NO3S2/c1-4(11(7,8)9)3-5(6)10-2/h4-5H,3,6H2,1-2H3,(H,7,8,9). The van der Waals surface area contributed by atoms with Gasteiger partial charge in [0, 0.05) is 0 Å². The van der Waals surface area contributed by atoms with Crippen molar-refractivity contribution in [3.63, 3.8) is 0 Å². The fourth-order valence-corrected chi connectivity index (χ4v) is 1.60. The van der Waals surface area contributed by atoms with E-state index in [1.165, 1.54) is 18.7 Å². The summed E-state index contributed by atoms with van der Waals surface area (Å²) in [5.41, 5.74) is 5.46. The molecule has 0 saturated heterocycles. The second kappa shape index (κ2) is 4.30. The van der Waals surface area contributed by atoms with Crippen LogP contribution in [0.2, 0.25) is 0 Å². The fraction of sp³-hybridized carbons (Fsp3) is 1.00. The normalized spacial score (nSPS) is 17.8. The van der Waals surface area contributed by atoms with Gasteiger partial charge in [0.15, 0.2) is 0 Å². The zero-order chi connectivity index (χ0) is 9.07. The summed E-state index contributed by atoms with van der Waals surface area (Å²) in [5, 5.41) is -1.00. The molecule has 0 radical (unpaired) electrons. The Morgan fingerprint density at radius 1 is 1.64 bits per heavy atom. The Labute approximate surface area is 71.3 Å². The van der Waals surface area contributed by atoms with Crippen LogP contribution >= 0.6 is 11.8 Å². The van der Waals surface area contributed by atoms with Crippen molar-refractivity contribution in [2.75, 3.05) is 6.26 Å². The topological polar surface area (TPSA) is 80.4 Å². The molecule has 0 aliphatic rings. The highest BCUT2D eigenvalue weighted by atomic mass is 32.2. The molecule has 0 fully saturated rings. The van der Waals surface area contributed by atoms with E-state index >= 15 is 0 Å². The zero-order valence-corrected chi connectivity index (χ0v) is 8.15. The number of thioether (sulfide) groups is 1. The van der Waals surface area contributed by atoms with Crippen LogP contribution in [-0.4, -0.2) is 29.9 Å². The molecule has 11 heavy (non-hydrogen) atoms. The number of rotatable bonds is 4. The van der Waals surface area contributed by atoms with Crippen molar-refractivity contribution in [3.05, 3.63) is 0 Å². The van der Waals surface area contributed by atoms with Crippen LogP contribution in [0, 0.1) is 0 Å². The molecule has 68 valence electrons. The molecule has 0 aliphatic heterocycles. The highest BCUT2D eigenvalue weighted by Crippen LogP contribution is 2.11. The van der Waals surface area contributed by atoms with E-state index in [0.717, 1.165) is 0 Å². The van der Waals surface area contributed by atoms with Gasteiger partial charge < -0.3 is 5.73 Å². The average molecular weight is 199 g/mol. The van der Waals surface area contributed by atoms with Crippen LogP contribution in [0.25, 0.3) is 0 Å². The summed E-state index contributed by atoms with van der Waals surface area (Å²) >= 11 is 1.37. The second-order valence-corrected chi connectivity index (χ2v) is 5.25. The van der Waals surface area contributed by atoms with Gasteiger partial charge in [-0.25, -0.2) is 0 Å². The molecule has 3 N–H and O–H groups in total. The lowest BCUT2D eigenvalue weighted by atomic mass is 10.3. The summed E-state index contributed by atoms with van der Waals surface area (Å²) in [7, 11) is -3.90. The van der Waals surface area contributed by atoms with Gasteiger partial charge in [-0.15, -0.1) is 11.8 Å². The van der Waals surface area contributed by atoms with Gasteiger partial charge in [-0.3, -0.25) is 4.55 Å². The molecule has 0 aliphatic carbocycles. The molecule has 0 aromatic rings. The first kappa shape index (κ1) is 11.2. The van der Waals surface area contributed by atoms with Crippen LogP contribution in [0.5, 0.6) is 0 Å². The highest BCUT2D eigenvalue weighted by molar-refractivity contribution is 7.99. The molecule has 0 spiro atoms. The molecule has 0 aromatic carbocycles. The monoisotopic (exact) mass is 199 g/mol. The van der Waals surface area contributed by atoms with Crippen LogP contribution in [0.3, 0.4) is 0 Å². The van der Waals surface area contributed by atoms with E-state index < -0.39 is 15.4 Å². The second-order valence-electron chi connectivity index (χ2n) is 2.34. The first-order chi connectivity index (χ1) is 4.88. The van der Waals surface area contributed by atoms with Crippen molar-refractivity contribution in [1.29, 1.82) is 0 Å². The Hall–Kier alpha value is 0.220. The van der Waals surface area contributed by atoms with Crippen molar-refractivity contribution in [3.8, 4) is 0 Å². The molecule has 0 rings (SSSR count). The molecule has 2 atom stereocenters. The molecule has 0 amide bonds. The van der Waals surface area contributed by atoms with Gasteiger partial charge in [-0.05, 0) is 19.6 Å². The van der Waals surface area contributed by atoms with E-state index in [1.54, 1.807) is 6.26 Å². The van der Waals surface area contributed by atoms with Crippen molar-refractivity contribution in [2.45, 2.75) is 24.0 Å². The number of hydrogen-bond acceptors (Lipinski definition) is 4. The Morgan fingerprint density at radius 3 is 2.36 bits per heavy atom. The largest absolute Gasteiger partial charge is 0.319 e. The lowest BCUT2D eigenvalue weighted by Gasteiger charge is -2.11. The van der Waals surface area contributed by atoms with E-state index in [9.17, 15) is 8.42 Å². The zero-order valence-electron chi connectivity index (χ0n) is 6.52. The molecular weight excluding hydrogens is 186 g/mol. The van der Waals surface area contributed by atoms with Gasteiger partial charge in [0.1, 0.15) is 0 Å². The quantitative estimate of drug-likeness (QED) is 0.503. The molecule has 0 bridgehead atoms. The number of nitrogens with two attached hydrogens (primary N) is 1. The van der Waals surface area contributed by atoms with Gasteiger partial charge in [0.25, 0.3) is 10.1 Å². The molecule has 0 aromatic heterocycles. The third-order valence-electron chi connectivity index (χ3n) is 1.38. The molecule has 0 saturated carbocycles. The predicted molar refractivity (Wildman–Crippen MR) is 47.1 cm³/mol. The molecular formula is C5H13NO3S2. The summed E-state index contributed by atoms with van der Waals surface area (Å²) in [4.78, 5) is 0. The van der Waals surface area contributed by atoms with Gasteiger partial charge in [0.05, 0.1) is 10.6 Å². The molecule has 6 heteroatoms. The number of hydrogen-bond donors (Lipinski definition) is 2. The predicted octanol–water partition coefficient (Wildman–Crippen LogP) is 0.301. The first-order valence-corrected chi connectivity index (χ1v) is 5.91. The minimum atomic E-state index is -3.90. The van der Waals surface area contributed by atoms with Gasteiger partial charge >= 0.3 is 0 Å². The van der Waals surface area contributed by atoms with E-state index in [4.69, 9.17) is 10.3 Å². The molecule has 4 nitrogen and oxygen atoms in total. The molecule has 0 heterocycles. The van der Waals surface area contributed by atoms with Crippen molar-refractivity contribution in [2.24, 2.45) is 5.73 Å². The fourth-order valence-electron chi connectivity index (χ4n) is 0.545. The minimum Gasteiger partial charge on any atom is -0.319 e. The maximum absolute atomic E-state index is 10.5. The summed E-state index contributed by atoms with van der Waals surface area (Å²) in [6.45, 7) is 1.44. The van der Waals surface area contributed by atoms with Gasteiger partial charge in [0.2, 0.25) is 0 Å². The summed E-state index contributed by atoms with van der Waals surface area (Å²) in [6, 6.07) is 0. The van der Waals surface area contributed by atoms with Crippen LogP contribution < -0.4 is 5.73 Å². The first-order valence-electron chi connectivity index (χ1n) is 3.12. The Bertz CT molecular complexity index is 202. The lowest BCUT2D eigenvalue weighted by Crippen LogP contribution is -2.26. The van der Waals surface area contributed by atoms with Gasteiger partial charge in [-0.1, -0.05) is 0 Å². The Balaban J connectivity index is 3.98. The van der Waals surface area contributed by atoms with Crippen molar-refractivity contribution < 1.29 is 13.0 Å².